The van der Waals surface area contributed by atoms with Crippen LogP contribution in [0.25, 0.3) is 0 Å². The molecular formula is C21H24BrClFN3O4. The van der Waals surface area contributed by atoms with Crippen LogP contribution in [0.5, 0.6) is 0 Å². The SMILES string of the molecule is Cn1c(Nc2ccc(Br)cc2F)c2c(c(Cl)c1=O)CCN(OCCOC(C)(C)C)C2=O. The minimum atomic E-state index is -0.541. The van der Waals surface area contributed by atoms with E-state index in [9.17, 15) is 14.0 Å². The first-order valence-corrected chi connectivity index (χ1v) is 10.9. The number of aromatic nitrogens is 1. The van der Waals surface area contributed by atoms with Crippen molar-refractivity contribution < 1.29 is 18.8 Å². The van der Waals surface area contributed by atoms with Gasteiger partial charge < -0.3 is 10.1 Å². The number of halogens is 3. The van der Waals surface area contributed by atoms with Crippen LogP contribution in [0.2, 0.25) is 5.02 Å². The normalized spacial score (nSPS) is 14.0. The highest BCUT2D eigenvalue weighted by Crippen LogP contribution is 2.32. The summed E-state index contributed by atoms with van der Waals surface area (Å²) in [7, 11) is 1.47. The van der Waals surface area contributed by atoms with Crippen LogP contribution in [0, 0.1) is 5.82 Å². The van der Waals surface area contributed by atoms with Crippen LogP contribution in [0.1, 0.15) is 36.7 Å². The monoisotopic (exact) mass is 515 g/mol. The quantitative estimate of drug-likeness (QED) is 0.575. The Kier molecular flexibility index (Phi) is 7.10. The van der Waals surface area contributed by atoms with Gasteiger partial charge in [-0.3, -0.25) is 19.0 Å². The molecule has 1 aliphatic rings. The number of pyridine rings is 1. The molecule has 0 saturated carbocycles. The lowest BCUT2D eigenvalue weighted by Crippen LogP contribution is -2.41. The number of carbonyl (C=O) groups excluding carboxylic acids is 1. The van der Waals surface area contributed by atoms with Crippen molar-refractivity contribution in [1.29, 1.82) is 0 Å². The maximum atomic E-state index is 14.4. The van der Waals surface area contributed by atoms with Crippen LogP contribution in [0.3, 0.4) is 0 Å². The van der Waals surface area contributed by atoms with Crippen molar-refractivity contribution in [2.75, 3.05) is 25.1 Å². The Hall–Kier alpha value is -1.94. The maximum absolute atomic E-state index is 14.4. The first-order chi connectivity index (χ1) is 14.5. The molecule has 2 heterocycles. The summed E-state index contributed by atoms with van der Waals surface area (Å²) in [5, 5.41) is 4.08. The third-order valence-electron chi connectivity index (χ3n) is 4.69. The Labute approximate surface area is 193 Å². The molecular weight excluding hydrogens is 493 g/mol. The topological polar surface area (TPSA) is 72.8 Å². The summed E-state index contributed by atoms with van der Waals surface area (Å²) in [4.78, 5) is 31.4. The number of rotatable bonds is 6. The highest BCUT2D eigenvalue weighted by atomic mass is 79.9. The van der Waals surface area contributed by atoms with Gasteiger partial charge in [-0.1, -0.05) is 27.5 Å². The summed E-state index contributed by atoms with van der Waals surface area (Å²) in [6.07, 6.45) is 0.327. The lowest BCUT2D eigenvalue weighted by atomic mass is 10.0. The molecule has 1 amide bonds. The van der Waals surface area contributed by atoms with Gasteiger partial charge in [-0.15, -0.1) is 0 Å². The minimum Gasteiger partial charge on any atom is -0.373 e. The van der Waals surface area contributed by atoms with E-state index in [2.05, 4.69) is 21.2 Å². The summed E-state index contributed by atoms with van der Waals surface area (Å²) in [6, 6.07) is 4.45. The Bertz CT molecular complexity index is 1070. The maximum Gasteiger partial charge on any atom is 0.281 e. The second-order valence-electron chi connectivity index (χ2n) is 8.08. The largest absolute Gasteiger partial charge is 0.373 e. The van der Waals surface area contributed by atoms with E-state index in [-0.39, 0.29) is 40.8 Å². The van der Waals surface area contributed by atoms with Gasteiger partial charge in [0, 0.05) is 11.5 Å². The number of benzene rings is 1. The second kappa shape index (κ2) is 9.28. The zero-order valence-electron chi connectivity index (χ0n) is 17.7. The van der Waals surface area contributed by atoms with Crippen LogP contribution < -0.4 is 10.9 Å². The summed E-state index contributed by atoms with van der Waals surface area (Å²) in [5.41, 5.74) is -0.0780. The van der Waals surface area contributed by atoms with Gasteiger partial charge in [0.2, 0.25) is 0 Å². The van der Waals surface area contributed by atoms with E-state index < -0.39 is 17.3 Å². The number of nitrogens with zero attached hydrogens (tertiary/aromatic N) is 2. The van der Waals surface area contributed by atoms with Crippen LogP contribution in [0.15, 0.2) is 27.5 Å². The van der Waals surface area contributed by atoms with Crippen molar-refractivity contribution in [3.63, 3.8) is 0 Å². The number of fused-ring (bicyclic) bond motifs is 1. The van der Waals surface area contributed by atoms with E-state index in [1.807, 2.05) is 20.8 Å². The van der Waals surface area contributed by atoms with E-state index >= 15 is 0 Å². The molecule has 1 aromatic carbocycles. The Morgan fingerprint density at radius 1 is 1.26 bits per heavy atom. The molecule has 0 saturated heterocycles. The van der Waals surface area contributed by atoms with E-state index in [4.69, 9.17) is 21.2 Å². The first-order valence-electron chi connectivity index (χ1n) is 9.72. The van der Waals surface area contributed by atoms with Crippen molar-refractivity contribution in [2.45, 2.75) is 32.8 Å². The standard InChI is InChI=1S/C21H24BrClFN3O4/c1-21(2,3)30-9-10-31-27-8-7-13-16(19(27)28)18(26(4)20(29)17(13)23)25-15-6-5-12(22)11-14(15)24/h5-6,11,25H,7-10H2,1-4H3. The van der Waals surface area contributed by atoms with Crippen LogP contribution >= 0.6 is 27.5 Å². The Morgan fingerprint density at radius 3 is 2.61 bits per heavy atom. The molecule has 0 fully saturated rings. The van der Waals surface area contributed by atoms with Crippen molar-refractivity contribution in [3.05, 3.63) is 55.0 Å². The average molecular weight is 517 g/mol. The molecule has 2 aromatic rings. The summed E-state index contributed by atoms with van der Waals surface area (Å²) < 4.78 is 21.8. The number of hydrogen-bond acceptors (Lipinski definition) is 5. The fourth-order valence-corrected chi connectivity index (χ4v) is 3.84. The van der Waals surface area contributed by atoms with Gasteiger partial charge >= 0.3 is 0 Å². The van der Waals surface area contributed by atoms with E-state index in [0.717, 1.165) is 0 Å². The smallest absolute Gasteiger partial charge is 0.281 e. The van der Waals surface area contributed by atoms with Gasteiger partial charge in [0.15, 0.2) is 0 Å². The van der Waals surface area contributed by atoms with Crippen molar-refractivity contribution in [3.8, 4) is 0 Å². The fourth-order valence-electron chi connectivity index (χ4n) is 3.19. The molecule has 0 bridgehead atoms. The molecule has 0 aliphatic carbocycles. The number of hydrogen-bond donors (Lipinski definition) is 1. The molecule has 0 spiro atoms. The van der Waals surface area contributed by atoms with E-state index in [0.29, 0.717) is 23.1 Å². The van der Waals surface area contributed by atoms with Crippen molar-refractivity contribution in [2.24, 2.45) is 7.05 Å². The lowest BCUT2D eigenvalue weighted by Gasteiger charge is -2.30. The zero-order valence-corrected chi connectivity index (χ0v) is 20.1. The minimum absolute atomic E-state index is 0.0246. The van der Waals surface area contributed by atoms with Crippen molar-refractivity contribution in [1.82, 2.24) is 9.63 Å². The third-order valence-corrected chi connectivity index (χ3v) is 5.57. The molecule has 3 rings (SSSR count). The van der Waals surface area contributed by atoms with Gasteiger partial charge in [0.25, 0.3) is 11.5 Å². The summed E-state index contributed by atoms with van der Waals surface area (Å²) in [6.45, 7) is 6.51. The molecule has 1 aromatic heterocycles. The van der Waals surface area contributed by atoms with E-state index in [1.54, 1.807) is 6.07 Å². The highest BCUT2D eigenvalue weighted by molar-refractivity contribution is 9.10. The average Bonchev–Trinajstić information content (AvgIpc) is 2.68. The highest BCUT2D eigenvalue weighted by Gasteiger charge is 2.33. The van der Waals surface area contributed by atoms with Crippen LogP contribution in [-0.4, -0.2) is 40.9 Å². The van der Waals surface area contributed by atoms with Gasteiger partial charge in [-0.2, -0.15) is 0 Å². The van der Waals surface area contributed by atoms with Gasteiger partial charge in [0.05, 0.1) is 36.6 Å². The number of amides is 1. The van der Waals surface area contributed by atoms with E-state index in [1.165, 1.54) is 28.8 Å². The van der Waals surface area contributed by atoms with Crippen LogP contribution in [-0.2, 0) is 23.0 Å². The second-order valence-corrected chi connectivity index (χ2v) is 9.37. The number of carbonyl (C=O) groups is 1. The Balaban J connectivity index is 1.93. The van der Waals surface area contributed by atoms with Crippen molar-refractivity contribution >= 4 is 44.9 Å². The number of nitrogens with one attached hydrogen (secondary N) is 1. The molecule has 7 nitrogen and oxygen atoms in total. The molecule has 10 heteroatoms. The molecule has 168 valence electrons. The lowest BCUT2D eigenvalue weighted by molar-refractivity contribution is -0.148. The predicted molar refractivity (Wildman–Crippen MR) is 120 cm³/mol. The molecule has 1 aliphatic heterocycles. The van der Waals surface area contributed by atoms with Gasteiger partial charge in [0.1, 0.15) is 16.7 Å². The zero-order chi connectivity index (χ0) is 22.9. The third kappa shape index (κ3) is 5.28. The molecule has 31 heavy (non-hydrogen) atoms. The van der Waals surface area contributed by atoms with Gasteiger partial charge in [-0.05, 0) is 51.0 Å². The molecule has 1 N–H and O–H groups in total. The number of ether oxygens (including phenoxy) is 1. The fraction of sp³-hybridized carbons (Fsp3) is 0.429. The molecule has 0 radical (unpaired) electrons. The Morgan fingerprint density at radius 2 is 1.97 bits per heavy atom. The number of anilines is 2. The van der Waals surface area contributed by atoms with Gasteiger partial charge in [-0.25, -0.2) is 9.45 Å². The first kappa shape index (κ1) is 23.7. The summed E-state index contributed by atoms with van der Waals surface area (Å²) in [5.74, 6) is -0.856. The molecule has 0 atom stereocenters. The molecule has 0 unspecified atom stereocenters. The number of hydroxylamine groups is 2. The predicted octanol–water partition coefficient (Wildman–Crippen LogP) is 4.43. The summed E-state index contributed by atoms with van der Waals surface area (Å²) >= 11 is 9.47. The van der Waals surface area contributed by atoms with Crippen LogP contribution in [0.4, 0.5) is 15.9 Å².